The molecule has 0 spiro atoms. The van der Waals surface area contributed by atoms with Gasteiger partial charge in [0, 0.05) is 24.8 Å². The SMILES string of the molecule is Cc1cc(NCCc2ccccc2F)nc(NCc2ccccc2)n1. The lowest BCUT2D eigenvalue weighted by Gasteiger charge is -2.10. The van der Waals surface area contributed by atoms with Crippen LogP contribution in [-0.4, -0.2) is 16.5 Å². The van der Waals surface area contributed by atoms with Crippen molar-refractivity contribution in [2.45, 2.75) is 19.9 Å². The molecule has 2 aromatic carbocycles. The molecule has 0 radical (unpaired) electrons. The Morgan fingerprint density at radius 1 is 0.920 bits per heavy atom. The van der Waals surface area contributed by atoms with Crippen molar-refractivity contribution in [1.29, 1.82) is 0 Å². The zero-order chi connectivity index (χ0) is 17.5. The fraction of sp³-hybridized carbons (Fsp3) is 0.200. The van der Waals surface area contributed by atoms with E-state index in [1.54, 1.807) is 12.1 Å². The van der Waals surface area contributed by atoms with Gasteiger partial charge < -0.3 is 10.6 Å². The number of hydrogen-bond acceptors (Lipinski definition) is 4. The Morgan fingerprint density at radius 2 is 1.68 bits per heavy atom. The zero-order valence-electron chi connectivity index (χ0n) is 14.2. The zero-order valence-corrected chi connectivity index (χ0v) is 14.2. The Kier molecular flexibility index (Phi) is 5.57. The maximum atomic E-state index is 13.6. The number of rotatable bonds is 7. The second-order valence-corrected chi connectivity index (χ2v) is 5.83. The summed E-state index contributed by atoms with van der Waals surface area (Å²) in [5, 5.41) is 6.48. The Bertz CT molecular complexity index is 821. The van der Waals surface area contributed by atoms with Gasteiger partial charge >= 0.3 is 0 Å². The van der Waals surface area contributed by atoms with Crippen LogP contribution in [-0.2, 0) is 13.0 Å². The molecule has 0 bridgehead atoms. The number of halogens is 1. The summed E-state index contributed by atoms with van der Waals surface area (Å²) >= 11 is 0. The van der Waals surface area contributed by atoms with Gasteiger partial charge in [-0.2, -0.15) is 4.98 Å². The Balaban J connectivity index is 1.58. The minimum atomic E-state index is -0.173. The monoisotopic (exact) mass is 336 g/mol. The van der Waals surface area contributed by atoms with E-state index in [1.165, 1.54) is 11.6 Å². The highest BCUT2D eigenvalue weighted by molar-refractivity contribution is 5.42. The van der Waals surface area contributed by atoms with Gasteiger partial charge in [-0.1, -0.05) is 48.5 Å². The van der Waals surface area contributed by atoms with E-state index >= 15 is 0 Å². The minimum absolute atomic E-state index is 0.173. The largest absolute Gasteiger partial charge is 0.370 e. The molecule has 0 saturated carbocycles. The molecule has 3 rings (SSSR count). The molecule has 0 aliphatic carbocycles. The molecule has 0 atom stereocenters. The molecule has 25 heavy (non-hydrogen) atoms. The molecule has 0 amide bonds. The van der Waals surface area contributed by atoms with Crippen LogP contribution in [0.15, 0.2) is 60.7 Å². The second-order valence-electron chi connectivity index (χ2n) is 5.83. The number of hydrogen-bond donors (Lipinski definition) is 2. The third-order valence-corrected chi connectivity index (χ3v) is 3.81. The first-order chi connectivity index (χ1) is 12.2. The van der Waals surface area contributed by atoms with Crippen molar-refractivity contribution in [2.24, 2.45) is 0 Å². The number of anilines is 2. The number of benzene rings is 2. The van der Waals surface area contributed by atoms with E-state index in [2.05, 4.69) is 32.7 Å². The third-order valence-electron chi connectivity index (χ3n) is 3.81. The van der Waals surface area contributed by atoms with Crippen molar-refractivity contribution in [3.8, 4) is 0 Å². The number of nitrogens with zero attached hydrogens (tertiary/aromatic N) is 2. The molecule has 0 aliphatic heterocycles. The number of aryl methyl sites for hydroxylation is 1. The molecule has 2 N–H and O–H groups in total. The predicted molar refractivity (Wildman–Crippen MR) is 99.1 cm³/mol. The highest BCUT2D eigenvalue weighted by Crippen LogP contribution is 2.12. The molecule has 0 saturated heterocycles. The predicted octanol–water partition coefficient (Wildman–Crippen LogP) is 4.19. The van der Waals surface area contributed by atoms with E-state index in [-0.39, 0.29) is 5.82 Å². The molecular formula is C20H21FN4. The van der Waals surface area contributed by atoms with Gasteiger partial charge in [0.25, 0.3) is 0 Å². The van der Waals surface area contributed by atoms with E-state index in [9.17, 15) is 4.39 Å². The van der Waals surface area contributed by atoms with Crippen LogP contribution in [0.4, 0.5) is 16.2 Å². The number of nitrogens with one attached hydrogen (secondary N) is 2. The Hall–Kier alpha value is -2.95. The fourth-order valence-corrected chi connectivity index (χ4v) is 2.54. The summed E-state index contributed by atoms with van der Waals surface area (Å²) in [7, 11) is 0. The van der Waals surface area contributed by atoms with E-state index in [0.29, 0.717) is 31.0 Å². The van der Waals surface area contributed by atoms with Gasteiger partial charge in [0.1, 0.15) is 11.6 Å². The topological polar surface area (TPSA) is 49.8 Å². The molecule has 1 aromatic heterocycles. The first kappa shape index (κ1) is 16.9. The highest BCUT2D eigenvalue weighted by atomic mass is 19.1. The van der Waals surface area contributed by atoms with Gasteiger partial charge in [0.15, 0.2) is 0 Å². The molecule has 0 fully saturated rings. The van der Waals surface area contributed by atoms with Crippen LogP contribution in [0.2, 0.25) is 0 Å². The van der Waals surface area contributed by atoms with Crippen molar-refractivity contribution in [3.05, 3.63) is 83.3 Å². The van der Waals surface area contributed by atoms with Crippen LogP contribution in [0.25, 0.3) is 0 Å². The molecule has 5 heteroatoms. The lowest BCUT2D eigenvalue weighted by atomic mass is 10.1. The first-order valence-corrected chi connectivity index (χ1v) is 8.31. The second kappa shape index (κ2) is 8.24. The summed E-state index contributed by atoms with van der Waals surface area (Å²) in [6, 6.07) is 18.8. The van der Waals surface area contributed by atoms with Gasteiger partial charge in [0.2, 0.25) is 5.95 Å². The lowest BCUT2D eigenvalue weighted by molar-refractivity contribution is 0.610. The van der Waals surface area contributed by atoms with E-state index < -0.39 is 0 Å². The van der Waals surface area contributed by atoms with Crippen LogP contribution < -0.4 is 10.6 Å². The molecule has 128 valence electrons. The van der Waals surface area contributed by atoms with Crippen molar-refractivity contribution < 1.29 is 4.39 Å². The summed E-state index contributed by atoms with van der Waals surface area (Å²) in [6.07, 6.45) is 0.600. The summed E-state index contributed by atoms with van der Waals surface area (Å²) in [6.45, 7) is 3.20. The van der Waals surface area contributed by atoms with Gasteiger partial charge in [-0.25, -0.2) is 9.37 Å². The normalized spacial score (nSPS) is 10.5. The molecule has 3 aromatic rings. The van der Waals surface area contributed by atoms with Gasteiger partial charge in [-0.3, -0.25) is 0 Å². The first-order valence-electron chi connectivity index (χ1n) is 8.31. The summed E-state index contributed by atoms with van der Waals surface area (Å²) in [4.78, 5) is 8.88. The fourth-order valence-electron chi connectivity index (χ4n) is 2.54. The third kappa shape index (κ3) is 5.01. The lowest BCUT2D eigenvalue weighted by Crippen LogP contribution is -2.10. The van der Waals surface area contributed by atoms with Crippen LogP contribution in [0.3, 0.4) is 0 Å². The Labute approximate surface area is 147 Å². The van der Waals surface area contributed by atoms with Crippen molar-refractivity contribution in [3.63, 3.8) is 0 Å². The standard InChI is InChI=1S/C20H21FN4/c1-15-13-19(22-12-11-17-9-5-6-10-18(17)21)25-20(24-15)23-14-16-7-3-2-4-8-16/h2-10,13H,11-12,14H2,1H3,(H2,22,23,24,25). The summed E-state index contributed by atoms with van der Waals surface area (Å²) in [5.41, 5.74) is 2.74. The smallest absolute Gasteiger partial charge is 0.225 e. The van der Waals surface area contributed by atoms with Crippen LogP contribution in [0.5, 0.6) is 0 Å². The quantitative estimate of drug-likeness (QED) is 0.679. The average molecular weight is 336 g/mol. The van der Waals surface area contributed by atoms with Gasteiger partial charge in [-0.15, -0.1) is 0 Å². The average Bonchev–Trinajstić information content (AvgIpc) is 2.62. The summed E-state index contributed by atoms with van der Waals surface area (Å²) < 4.78 is 13.6. The van der Waals surface area contributed by atoms with Crippen molar-refractivity contribution in [2.75, 3.05) is 17.2 Å². The molecular weight excluding hydrogens is 315 g/mol. The maximum Gasteiger partial charge on any atom is 0.225 e. The molecule has 0 aliphatic rings. The van der Waals surface area contributed by atoms with Crippen LogP contribution in [0, 0.1) is 12.7 Å². The molecule has 0 unspecified atom stereocenters. The van der Waals surface area contributed by atoms with E-state index in [0.717, 1.165) is 11.5 Å². The maximum absolute atomic E-state index is 13.6. The van der Waals surface area contributed by atoms with E-state index in [4.69, 9.17) is 0 Å². The molecule has 4 nitrogen and oxygen atoms in total. The Morgan fingerprint density at radius 3 is 2.48 bits per heavy atom. The van der Waals surface area contributed by atoms with Crippen molar-refractivity contribution in [1.82, 2.24) is 9.97 Å². The van der Waals surface area contributed by atoms with E-state index in [1.807, 2.05) is 37.3 Å². The highest BCUT2D eigenvalue weighted by Gasteiger charge is 2.04. The van der Waals surface area contributed by atoms with Crippen LogP contribution in [0.1, 0.15) is 16.8 Å². The number of aromatic nitrogens is 2. The van der Waals surface area contributed by atoms with Crippen molar-refractivity contribution >= 4 is 11.8 Å². The minimum Gasteiger partial charge on any atom is -0.370 e. The summed E-state index contributed by atoms with van der Waals surface area (Å²) in [5.74, 6) is 1.14. The molecule has 1 heterocycles. The van der Waals surface area contributed by atoms with Gasteiger partial charge in [0.05, 0.1) is 0 Å². The van der Waals surface area contributed by atoms with Crippen LogP contribution >= 0.6 is 0 Å². The van der Waals surface area contributed by atoms with Gasteiger partial charge in [-0.05, 0) is 30.5 Å².